The van der Waals surface area contributed by atoms with Crippen LogP contribution in [0.4, 0.5) is 0 Å². The quantitative estimate of drug-likeness (QED) is 0.390. The van der Waals surface area contributed by atoms with E-state index >= 15 is 0 Å². The van der Waals surface area contributed by atoms with E-state index in [1.54, 1.807) is 18.2 Å². The summed E-state index contributed by atoms with van der Waals surface area (Å²) in [5.41, 5.74) is 0. The minimum absolute atomic E-state index is 1.20. The second kappa shape index (κ2) is 9.45. The van der Waals surface area contributed by atoms with Gasteiger partial charge >= 0.3 is 151 Å². The molecule has 0 bridgehead atoms. The van der Waals surface area contributed by atoms with E-state index in [1.165, 1.54) is 49.8 Å². The normalized spacial score (nSPS) is 12.3. The van der Waals surface area contributed by atoms with Gasteiger partial charge in [-0.3, -0.25) is 0 Å². The molecule has 0 unspecified atom stereocenters. The molecule has 0 saturated carbocycles. The molecule has 2 nitrogen and oxygen atoms in total. The molecule has 0 saturated heterocycles. The number of nitrogens with zero attached hydrogens (tertiary/aromatic N) is 2. The van der Waals surface area contributed by atoms with Crippen LogP contribution in [0.2, 0.25) is 13.3 Å². The maximum atomic E-state index is 4.46. The first-order valence-corrected chi connectivity index (χ1v) is 18.0. The Morgan fingerprint density at radius 1 is 0.957 bits per heavy atom. The summed E-state index contributed by atoms with van der Waals surface area (Å²) in [6, 6.07) is 0. The SMILES string of the molecule is CCC[CH2][Sn]([CH2]CCC)([CH2]CCC)[c]1c(CC)sc2cncn12. The molecule has 0 aliphatic heterocycles. The maximum absolute atomic E-state index is 4.46. The number of aryl methyl sites for hydroxylation is 1. The van der Waals surface area contributed by atoms with Crippen LogP contribution in [0.25, 0.3) is 4.83 Å². The number of aromatic nitrogens is 2. The van der Waals surface area contributed by atoms with E-state index in [4.69, 9.17) is 0 Å². The van der Waals surface area contributed by atoms with Gasteiger partial charge in [0, 0.05) is 0 Å². The van der Waals surface area contributed by atoms with Crippen LogP contribution in [0.3, 0.4) is 0 Å². The summed E-state index contributed by atoms with van der Waals surface area (Å²) < 4.78 is 8.96. The second-order valence-corrected chi connectivity index (χ2v) is 21.0. The van der Waals surface area contributed by atoms with Gasteiger partial charge in [-0.2, -0.15) is 0 Å². The molecule has 0 aliphatic rings. The van der Waals surface area contributed by atoms with Crippen molar-refractivity contribution in [3.05, 3.63) is 17.4 Å². The summed E-state index contributed by atoms with van der Waals surface area (Å²) in [5.74, 6) is 0. The van der Waals surface area contributed by atoms with Crippen LogP contribution in [-0.2, 0) is 6.42 Å². The van der Waals surface area contributed by atoms with Crippen LogP contribution in [0, 0.1) is 0 Å². The van der Waals surface area contributed by atoms with Gasteiger partial charge in [-0.1, -0.05) is 0 Å². The zero-order valence-corrected chi connectivity index (χ0v) is 19.2. The Hall–Kier alpha value is -0.0313. The fraction of sp³-hybridized carbons (Fsp3) is 0.737. The third kappa shape index (κ3) is 4.33. The van der Waals surface area contributed by atoms with E-state index in [-0.39, 0.29) is 0 Å². The van der Waals surface area contributed by atoms with E-state index in [2.05, 4.69) is 49.6 Å². The first kappa shape index (κ1) is 19.3. The van der Waals surface area contributed by atoms with E-state index in [1.807, 2.05) is 15.0 Å². The van der Waals surface area contributed by atoms with Gasteiger partial charge < -0.3 is 0 Å². The Bertz CT molecular complexity index is 565. The number of hydrogen-bond acceptors (Lipinski definition) is 2. The molecule has 0 amide bonds. The average molecular weight is 441 g/mol. The van der Waals surface area contributed by atoms with Crippen LogP contribution < -0.4 is 3.71 Å². The Morgan fingerprint density at radius 2 is 1.52 bits per heavy atom. The Balaban J connectivity index is 2.52. The molecule has 0 atom stereocenters. The van der Waals surface area contributed by atoms with E-state index < -0.39 is 18.4 Å². The molecule has 23 heavy (non-hydrogen) atoms. The predicted molar refractivity (Wildman–Crippen MR) is 107 cm³/mol. The fourth-order valence-corrected chi connectivity index (χ4v) is 24.1. The summed E-state index contributed by atoms with van der Waals surface area (Å²) >= 11 is -0.352. The van der Waals surface area contributed by atoms with Crippen molar-refractivity contribution in [1.29, 1.82) is 0 Å². The van der Waals surface area contributed by atoms with Gasteiger partial charge in [0.2, 0.25) is 0 Å². The first-order valence-electron chi connectivity index (χ1n) is 9.66. The zero-order valence-electron chi connectivity index (χ0n) is 15.5. The van der Waals surface area contributed by atoms with Gasteiger partial charge in [0.15, 0.2) is 0 Å². The second-order valence-electron chi connectivity index (χ2n) is 6.92. The summed E-state index contributed by atoms with van der Waals surface area (Å²) in [4.78, 5) is 7.52. The van der Waals surface area contributed by atoms with Gasteiger partial charge in [0.05, 0.1) is 0 Å². The minimum atomic E-state index is -2.36. The van der Waals surface area contributed by atoms with Gasteiger partial charge in [-0.25, -0.2) is 0 Å². The molecule has 0 fully saturated rings. The molecular weight excluding hydrogens is 407 g/mol. The molecule has 2 aromatic rings. The van der Waals surface area contributed by atoms with Crippen molar-refractivity contribution in [2.75, 3.05) is 0 Å². The summed E-state index contributed by atoms with van der Waals surface area (Å²) in [5, 5.41) is 0. The summed E-state index contributed by atoms with van der Waals surface area (Å²) in [6.45, 7) is 9.42. The molecule has 0 aromatic carbocycles. The average Bonchev–Trinajstić information content (AvgIpc) is 3.15. The van der Waals surface area contributed by atoms with Crippen LogP contribution in [0.1, 0.15) is 71.1 Å². The molecule has 0 radical (unpaired) electrons. The first-order chi connectivity index (χ1) is 11.2. The number of rotatable bonds is 11. The molecule has 2 rings (SSSR count). The van der Waals surface area contributed by atoms with E-state index in [0.717, 1.165) is 0 Å². The van der Waals surface area contributed by atoms with Crippen molar-refractivity contribution in [2.24, 2.45) is 0 Å². The summed E-state index contributed by atoms with van der Waals surface area (Å²) in [6.07, 6.45) is 13.7. The molecule has 2 aromatic heterocycles. The molecule has 0 N–H and O–H groups in total. The molecule has 130 valence electrons. The van der Waals surface area contributed by atoms with Crippen LogP contribution >= 0.6 is 11.3 Å². The molecule has 2 heterocycles. The van der Waals surface area contributed by atoms with Crippen LogP contribution in [0.15, 0.2) is 12.5 Å². The fourth-order valence-electron chi connectivity index (χ4n) is 3.90. The molecular formula is C19H34N2SSn. The van der Waals surface area contributed by atoms with Crippen molar-refractivity contribution < 1.29 is 0 Å². The number of fused-ring (bicyclic) bond motifs is 1. The summed E-state index contributed by atoms with van der Waals surface area (Å²) in [7, 11) is 0. The molecule has 4 heteroatoms. The molecule has 0 spiro atoms. The third-order valence-corrected chi connectivity index (χ3v) is 22.6. The molecule has 0 aliphatic carbocycles. The van der Waals surface area contributed by atoms with Crippen LogP contribution in [-0.4, -0.2) is 27.8 Å². The van der Waals surface area contributed by atoms with E-state index in [0.29, 0.717) is 0 Å². The Kier molecular flexibility index (Phi) is 7.93. The van der Waals surface area contributed by atoms with Gasteiger partial charge in [0.1, 0.15) is 0 Å². The standard InChI is InChI=1S/C7H7N2S.3C4H9.Sn/c1-2-6-4-9-5-8-3-7(9)10-6;3*1-3-4-2;/h3,5H,2H2,1H3;3*1,3-4H2,2H3;. The monoisotopic (exact) mass is 442 g/mol. The number of hydrogen-bond donors (Lipinski definition) is 0. The van der Waals surface area contributed by atoms with Crippen molar-refractivity contribution in [3.8, 4) is 0 Å². The number of unbranched alkanes of at least 4 members (excludes halogenated alkanes) is 3. The van der Waals surface area contributed by atoms with Crippen molar-refractivity contribution in [3.63, 3.8) is 0 Å². The topological polar surface area (TPSA) is 17.3 Å². The zero-order chi connectivity index (χ0) is 16.7. The van der Waals surface area contributed by atoms with Crippen molar-refractivity contribution in [2.45, 2.75) is 86.0 Å². The van der Waals surface area contributed by atoms with Crippen molar-refractivity contribution in [1.82, 2.24) is 9.38 Å². The van der Waals surface area contributed by atoms with E-state index in [9.17, 15) is 0 Å². The third-order valence-electron chi connectivity index (χ3n) is 5.19. The Labute approximate surface area is 150 Å². The van der Waals surface area contributed by atoms with Crippen LogP contribution in [0.5, 0.6) is 0 Å². The van der Waals surface area contributed by atoms with Crippen molar-refractivity contribution >= 4 is 38.3 Å². The predicted octanol–water partition coefficient (Wildman–Crippen LogP) is 6.01. The Morgan fingerprint density at radius 3 is 2.00 bits per heavy atom. The van der Waals surface area contributed by atoms with Gasteiger partial charge in [0.25, 0.3) is 0 Å². The number of imidazole rings is 1. The van der Waals surface area contributed by atoms with Gasteiger partial charge in [-0.15, -0.1) is 0 Å². The van der Waals surface area contributed by atoms with Gasteiger partial charge in [-0.05, 0) is 0 Å². The number of thiazole rings is 1.